The number of carbonyl (C=O) groups is 1. The summed E-state index contributed by atoms with van der Waals surface area (Å²) in [5.41, 5.74) is 4.21. The van der Waals surface area contributed by atoms with Crippen molar-refractivity contribution in [3.63, 3.8) is 0 Å². The number of carbonyl (C=O) groups excluding carboxylic acids is 1. The predicted octanol–water partition coefficient (Wildman–Crippen LogP) is 2.91. The second-order valence-corrected chi connectivity index (χ2v) is 8.09. The van der Waals surface area contributed by atoms with E-state index >= 15 is 0 Å². The van der Waals surface area contributed by atoms with Crippen LogP contribution in [0, 0.1) is 0 Å². The number of amides is 2. The van der Waals surface area contributed by atoms with Gasteiger partial charge in [0, 0.05) is 38.8 Å². The Labute approximate surface area is 175 Å². The number of likely N-dealkylation sites (N-methyl/N-ethyl adjacent to an activating group) is 1. The van der Waals surface area contributed by atoms with Crippen molar-refractivity contribution >= 4 is 6.03 Å². The molecular weight excluding hydrogens is 360 g/mol. The summed E-state index contributed by atoms with van der Waals surface area (Å²) in [5.74, 6) is 0. The van der Waals surface area contributed by atoms with Crippen molar-refractivity contribution in [2.75, 3.05) is 40.3 Å². The average molecular weight is 395 g/mol. The van der Waals surface area contributed by atoms with Crippen molar-refractivity contribution in [3.8, 4) is 0 Å². The van der Waals surface area contributed by atoms with E-state index in [2.05, 4.69) is 83.1 Å². The van der Waals surface area contributed by atoms with Crippen molar-refractivity contribution in [2.45, 2.75) is 31.8 Å². The Bertz CT molecular complexity index is 762. The van der Waals surface area contributed by atoms with Gasteiger partial charge in [0.15, 0.2) is 0 Å². The fourth-order valence-corrected chi connectivity index (χ4v) is 3.85. The molecule has 0 spiro atoms. The summed E-state index contributed by atoms with van der Waals surface area (Å²) in [5, 5.41) is 6.03. The quantitative estimate of drug-likeness (QED) is 0.643. The van der Waals surface area contributed by atoms with Crippen LogP contribution in [0.1, 0.15) is 23.1 Å². The molecule has 1 aliphatic rings. The van der Waals surface area contributed by atoms with Gasteiger partial charge in [-0.3, -0.25) is 4.90 Å². The zero-order valence-corrected chi connectivity index (χ0v) is 17.7. The summed E-state index contributed by atoms with van der Waals surface area (Å²) < 4.78 is 0. The zero-order valence-electron chi connectivity index (χ0n) is 17.7. The van der Waals surface area contributed by atoms with Gasteiger partial charge < -0.3 is 15.5 Å². The molecule has 5 nitrogen and oxygen atoms in total. The van der Waals surface area contributed by atoms with Gasteiger partial charge in [0.1, 0.15) is 0 Å². The Morgan fingerprint density at radius 2 is 1.76 bits per heavy atom. The molecule has 0 saturated heterocycles. The maximum absolute atomic E-state index is 12.2. The largest absolute Gasteiger partial charge is 0.338 e. The smallest absolute Gasteiger partial charge is 0.314 e. The molecule has 0 radical (unpaired) electrons. The lowest BCUT2D eigenvalue weighted by molar-refractivity contribution is 0.228. The first-order valence-corrected chi connectivity index (χ1v) is 10.6. The van der Waals surface area contributed by atoms with Gasteiger partial charge in [-0.25, -0.2) is 4.79 Å². The molecule has 0 fully saturated rings. The van der Waals surface area contributed by atoms with E-state index < -0.39 is 0 Å². The second-order valence-electron chi connectivity index (χ2n) is 8.09. The van der Waals surface area contributed by atoms with Gasteiger partial charge in [-0.1, -0.05) is 54.6 Å². The molecule has 0 aliphatic carbocycles. The van der Waals surface area contributed by atoms with Crippen LogP contribution in [0.2, 0.25) is 0 Å². The number of hydrogen-bond donors (Lipinski definition) is 2. The highest BCUT2D eigenvalue weighted by atomic mass is 16.2. The lowest BCUT2D eigenvalue weighted by Crippen LogP contribution is -2.45. The first-order chi connectivity index (χ1) is 14.1. The minimum absolute atomic E-state index is 0.0751. The van der Waals surface area contributed by atoms with Crippen LogP contribution in [0.25, 0.3) is 0 Å². The fourth-order valence-electron chi connectivity index (χ4n) is 3.85. The summed E-state index contributed by atoms with van der Waals surface area (Å²) in [6.07, 6.45) is 3.01. The van der Waals surface area contributed by atoms with Gasteiger partial charge in [0.2, 0.25) is 0 Å². The summed E-state index contributed by atoms with van der Waals surface area (Å²) in [6, 6.07) is 19.3. The molecule has 0 bridgehead atoms. The number of nitrogens with zero attached hydrogens (tertiary/aromatic N) is 2. The normalized spacial score (nSPS) is 15.0. The number of benzene rings is 2. The van der Waals surface area contributed by atoms with E-state index in [1.807, 2.05) is 6.07 Å². The van der Waals surface area contributed by atoms with Crippen LogP contribution in [0.3, 0.4) is 0 Å². The van der Waals surface area contributed by atoms with Crippen molar-refractivity contribution in [1.82, 2.24) is 20.4 Å². The molecular formula is C24H34N4O. The number of urea groups is 1. The number of nitrogens with one attached hydrogen (secondary N) is 2. The molecule has 2 amide bonds. The summed E-state index contributed by atoms with van der Waals surface area (Å²) >= 11 is 0. The van der Waals surface area contributed by atoms with Crippen LogP contribution in [0.15, 0.2) is 54.6 Å². The molecule has 2 aromatic rings. The molecule has 2 N–H and O–H groups in total. The van der Waals surface area contributed by atoms with Crippen LogP contribution in [0.4, 0.5) is 4.79 Å². The SMILES string of the molecule is CN(C)C(CNC(=O)NCCCN1CCc2ccccc2C1)Cc1ccccc1. The van der Waals surface area contributed by atoms with Crippen LogP contribution in [-0.4, -0.2) is 62.1 Å². The molecule has 1 unspecified atom stereocenters. The van der Waals surface area contributed by atoms with E-state index in [1.54, 1.807) is 0 Å². The maximum Gasteiger partial charge on any atom is 0.314 e. The van der Waals surface area contributed by atoms with E-state index in [0.29, 0.717) is 13.1 Å². The third-order valence-corrected chi connectivity index (χ3v) is 5.69. The Morgan fingerprint density at radius 1 is 1.03 bits per heavy atom. The summed E-state index contributed by atoms with van der Waals surface area (Å²) in [7, 11) is 4.12. The third-order valence-electron chi connectivity index (χ3n) is 5.69. The summed E-state index contributed by atoms with van der Waals surface area (Å²) in [6.45, 7) is 4.48. The van der Waals surface area contributed by atoms with Crippen molar-refractivity contribution < 1.29 is 4.79 Å². The zero-order chi connectivity index (χ0) is 20.5. The standard InChI is InChI=1S/C24H34N4O/c1-27(2)23(17-20-9-4-3-5-10-20)18-26-24(29)25-14-8-15-28-16-13-21-11-6-7-12-22(21)19-28/h3-7,9-12,23H,8,13-19H2,1-2H3,(H2,25,26,29). The topological polar surface area (TPSA) is 47.6 Å². The minimum atomic E-state index is -0.0751. The van der Waals surface area contributed by atoms with Crippen LogP contribution >= 0.6 is 0 Å². The van der Waals surface area contributed by atoms with Crippen molar-refractivity contribution in [2.24, 2.45) is 0 Å². The average Bonchev–Trinajstić information content (AvgIpc) is 2.74. The van der Waals surface area contributed by atoms with Crippen LogP contribution in [-0.2, 0) is 19.4 Å². The Morgan fingerprint density at radius 3 is 2.52 bits per heavy atom. The van der Waals surface area contributed by atoms with Gasteiger partial charge in [-0.2, -0.15) is 0 Å². The van der Waals surface area contributed by atoms with Gasteiger partial charge in [0.25, 0.3) is 0 Å². The van der Waals surface area contributed by atoms with E-state index in [-0.39, 0.29) is 12.1 Å². The molecule has 0 aromatic heterocycles. The first kappa shape index (κ1) is 21.3. The Balaban J connectivity index is 1.32. The number of hydrogen-bond acceptors (Lipinski definition) is 3. The van der Waals surface area contributed by atoms with Crippen LogP contribution < -0.4 is 10.6 Å². The number of rotatable bonds is 9. The molecule has 1 atom stereocenters. The molecule has 29 heavy (non-hydrogen) atoms. The van der Waals surface area contributed by atoms with E-state index in [1.165, 1.54) is 16.7 Å². The van der Waals surface area contributed by atoms with Crippen molar-refractivity contribution in [1.29, 1.82) is 0 Å². The number of fused-ring (bicyclic) bond motifs is 1. The first-order valence-electron chi connectivity index (χ1n) is 10.6. The fraction of sp³-hybridized carbons (Fsp3) is 0.458. The lowest BCUT2D eigenvalue weighted by atomic mass is 10.00. The van der Waals surface area contributed by atoms with Crippen molar-refractivity contribution in [3.05, 3.63) is 71.3 Å². The monoisotopic (exact) mass is 394 g/mol. The van der Waals surface area contributed by atoms with Gasteiger partial charge in [-0.15, -0.1) is 0 Å². The highest BCUT2D eigenvalue weighted by Gasteiger charge is 2.16. The lowest BCUT2D eigenvalue weighted by Gasteiger charge is -2.28. The van der Waals surface area contributed by atoms with E-state index in [0.717, 1.165) is 38.9 Å². The summed E-state index contributed by atoms with van der Waals surface area (Å²) in [4.78, 5) is 16.8. The van der Waals surface area contributed by atoms with Gasteiger partial charge in [0.05, 0.1) is 0 Å². The predicted molar refractivity (Wildman–Crippen MR) is 119 cm³/mol. The molecule has 3 rings (SSSR count). The molecule has 0 saturated carbocycles. The van der Waals surface area contributed by atoms with E-state index in [4.69, 9.17) is 0 Å². The molecule has 5 heteroatoms. The molecule has 156 valence electrons. The molecule has 2 aromatic carbocycles. The maximum atomic E-state index is 12.2. The second kappa shape index (κ2) is 11.0. The molecule has 1 aliphatic heterocycles. The highest BCUT2D eigenvalue weighted by Crippen LogP contribution is 2.18. The molecule has 1 heterocycles. The van der Waals surface area contributed by atoms with Gasteiger partial charge in [-0.05, 0) is 50.0 Å². The van der Waals surface area contributed by atoms with Gasteiger partial charge >= 0.3 is 6.03 Å². The highest BCUT2D eigenvalue weighted by molar-refractivity contribution is 5.73. The Kier molecular flexibility index (Phi) is 8.08. The minimum Gasteiger partial charge on any atom is -0.338 e. The Hall–Kier alpha value is -2.37. The van der Waals surface area contributed by atoms with E-state index in [9.17, 15) is 4.79 Å². The van der Waals surface area contributed by atoms with Crippen LogP contribution in [0.5, 0.6) is 0 Å². The third kappa shape index (κ3) is 6.87.